The first kappa shape index (κ1) is 18.2. The van der Waals surface area contributed by atoms with Crippen LogP contribution in [0.1, 0.15) is 18.4 Å². The molecule has 0 radical (unpaired) electrons. The molecule has 0 unspecified atom stereocenters. The van der Waals surface area contributed by atoms with E-state index in [0.717, 1.165) is 10.9 Å². The average Bonchev–Trinajstić information content (AvgIpc) is 3.34. The van der Waals surface area contributed by atoms with Crippen molar-refractivity contribution < 1.29 is 8.81 Å². The lowest BCUT2D eigenvalue weighted by Gasteiger charge is -2.00. The van der Waals surface area contributed by atoms with Crippen molar-refractivity contribution in [1.29, 1.82) is 0 Å². The van der Waals surface area contributed by atoms with E-state index in [1.165, 1.54) is 32.0 Å². The molecule has 1 saturated heterocycles. The van der Waals surface area contributed by atoms with E-state index in [9.17, 15) is 9.18 Å². The number of aryl methyl sites for hydroxylation is 1. The highest BCUT2D eigenvalue weighted by molar-refractivity contribution is 5.83. The fraction of sp³-hybridized carbons (Fsp3) is 0.238. The zero-order valence-corrected chi connectivity index (χ0v) is 15.5. The van der Waals surface area contributed by atoms with Gasteiger partial charge in [-0.15, -0.1) is 0 Å². The molecular weight excluding hydrogens is 359 g/mol. The number of pyridine rings is 1. The minimum absolute atomic E-state index is 0.169. The molecule has 0 saturated carbocycles. The van der Waals surface area contributed by atoms with Gasteiger partial charge in [-0.3, -0.25) is 0 Å². The number of nitrogens with two attached hydrogens (primary N) is 1. The SMILES string of the molecule is C1CCNC1.Cc1cc(F)c2nc(-c3cc4ccc(N)cc4oc3=O)cn2c1. The minimum atomic E-state index is -0.538. The largest absolute Gasteiger partial charge is 0.422 e. The maximum absolute atomic E-state index is 14.0. The Balaban J connectivity index is 0.000000336. The summed E-state index contributed by atoms with van der Waals surface area (Å²) >= 11 is 0. The van der Waals surface area contributed by atoms with Gasteiger partial charge < -0.3 is 19.9 Å². The van der Waals surface area contributed by atoms with Gasteiger partial charge in [0.1, 0.15) is 5.58 Å². The predicted octanol–water partition coefficient (Wildman–Crippen LogP) is 3.51. The Morgan fingerprint density at radius 2 is 1.96 bits per heavy atom. The Bertz CT molecular complexity index is 1200. The maximum Gasteiger partial charge on any atom is 0.345 e. The highest BCUT2D eigenvalue weighted by atomic mass is 19.1. The number of hydrogen-bond acceptors (Lipinski definition) is 5. The molecule has 3 aromatic heterocycles. The van der Waals surface area contributed by atoms with Crippen LogP contribution < -0.4 is 16.7 Å². The van der Waals surface area contributed by atoms with Gasteiger partial charge in [-0.2, -0.15) is 0 Å². The first-order valence-electron chi connectivity index (χ1n) is 9.20. The van der Waals surface area contributed by atoms with Gasteiger partial charge in [0.05, 0.1) is 11.3 Å². The van der Waals surface area contributed by atoms with Crippen LogP contribution in [0.15, 0.2) is 51.9 Å². The van der Waals surface area contributed by atoms with E-state index in [4.69, 9.17) is 10.2 Å². The van der Waals surface area contributed by atoms with E-state index in [2.05, 4.69) is 10.3 Å². The van der Waals surface area contributed by atoms with E-state index in [1.54, 1.807) is 48.0 Å². The molecule has 0 spiro atoms. The Morgan fingerprint density at radius 1 is 1.18 bits per heavy atom. The normalized spacial score (nSPS) is 13.6. The van der Waals surface area contributed by atoms with Crippen molar-refractivity contribution in [2.45, 2.75) is 19.8 Å². The Labute approximate surface area is 160 Å². The molecular formula is C21H21FN4O2. The summed E-state index contributed by atoms with van der Waals surface area (Å²) in [4.78, 5) is 16.4. The van der Waals surface area contributed by atoms with Crippen molar-refractivity contribution in [3.8, 4) is 11.3 Å². The third-order valence-electron chi connectivity index (χ3n) is 4.64. The molecule has 1 fully saturated rings. The van der Waals surface area contributed by atoms with E-state index < -0.39 is 11.4 Å². The predicted molar refractivity (Wildman–Crippen MR) is 108 cm³/mol. The second kappa shape index (κ2) is 7.44. The van der Waals surface area contributed by atoms with Gasteiger partial charge in [-0.25, -0.2) is 14.2 Å². The number of halogens is 1. The lowest BCUT2D eigenvalue weighted by molar-refractivity contribution is 0.563. The standard InChI is InChI=1S/C17H12FN3O2.C4H9N/c1-9-4-13(18)16-20-14(8-21(16)7-9)12-5-10-2-3-11(19)6-15(10)23-17(12)22;1-2-4-5-3-1/h2-8H,19H2,1H3;5H,1-4H2. The Hall–Kier alpha value is -3.19. The molecule has 0 bridgehead atoms. The van der Waals surface area contributed by atoms with E-state index in [1.807, 2.05) is 0 Å². The zero-order chi connectivity index (χ0) is 19.7. The van der Waals surface area contributed by atoms with Gasteiger partial charge in [-0.05, 0) is 62.7 Å². The van der Waals surface area contributed by atoms with Crippen molar-refractivity contribution >= 4 is 22.3 Å². The summed E-state index contributed by atoms with van der Waals surface area (Å²) in [5, 5.41) is 3.95. The zero-order valence-electron chi connectivity index (χ0n) is 15.5. The number of imidazole rings is 1. The first-order chi connectivity index (χ1) is 13.5. The summed E-state index contributed by atoms with van der Waals surface area (Å²) in [6.45, 7) is 4.29. The van der Waals surface area contributed by atoms with Crippen molar-refractivity contribution in [2.75, 3.05) is 18.8 Å². The highest BCUT2D eigenvalue weighted by Gasteiger charge is 2.14. The molecule has 0 amide bonds. The van der Waals surface area contributed by atoms with Gasteiger partial charge in [0.15, 0.2) is 11.5 Å². The topological polar surface area (TPSA) is 85.6 Å². The fourth-order valence-electron chi connectivity index (χ4n) is 3.25. The molecule has 0 atom stereocenters. The Kier molecular flexibility index (Phi) is 4.83. The van der Waals surface area contributed by atoms with Gasteiger partial charge in [0.25, 0.3) is 0 Å². The molecule has 1 aliphatic heterocycles. The molecule has 28 heavy (non-hydrogen) atoms. The number of anilines is 1. The second-order valence-corrected chi connectivity index (χ2v) is 6.92. The number of nitrogen functional groups attached to an aromatic ring is 1. The van der Waals surface area contributed by atoms with Crippen molar-refractivity contribution in [1.82, 2.24) is 14.7 Å². The number of benzene rings is 1. The van der Waals surface area contributed by atoms with Crippen LogP contribution in [0, 0.1) is 12.7 Å². The minimum Gasteiger partial charge on any atom is -0.422 e. The third kappa shape index (κ3) is 3.61. The molecule has 0 aliphatic carbocycles. The quantitative estimate of drug-likeness (QED) is 0.390. The molecule has 7 heteroatoms. The van der Waals surface area contributed by atoms with Crippen LogP contribution in [-0.2, 0) is 0 Å². The molecule has 1 aliphatic rings. The lowest BCUT2D eigenvalue weighted by Crippen LogP contribution is -2.03. The van der Waals surface area contributed by atoms with Crippen LogP contribution in [-0.4, -0.2) is 22.5 Å². The van der Waals surface area contributed by atoms with Crippen LogP contribution >= 0.6 is 0 Å². The van der Waals surface area contributed by atoms with Gasteiger partial charge in [0.2, 0.25) is 0 Å². The fourth-order valence-corrected chi connectivity index (χ4v) is 3.25. The van der Waals surface area contributed by atoms with Crippen LogP contribution in [0.5, 0.6) is 0 Å². The summed E-state index contributed by atoms with van der Waals surface area (Å²) in [6, 6.07) is 8.15. The van der Waals surface area contributed by atoms with E-state index in [-0.39, 0.29) is 11.2 Å². The molecule has 144 valence electrons. The molecule has 1 aromatic carbocycles. The van der Waals surface area contributed by atoms with Gasteiger partial charge in [-0.1, -0.05) is 0 Å². The van der Waals surface area contributed by atoms with Crippen LogP contribution in [0.4, 0.5) is 10.1 Å². The number of nitrogens with one attached hydrogen (secondary N) is 1. The van der Waals surface area contributed by atoms with Gasteiger partial charge in [0, 0.05) is 29.5 Å². The smallest absolute Gasteiger partial charge is 0.345 e. The van der Waals surface area contributed by atoms with E-state index in [0.29, 0.717) is 17.0 Å². The second-order valence-electron chi connectivity index (χ2n) is 6.92. The maximum atomic E-state index is 14.0. The number of aromatic nitrogens is 2. The number of rotatable bonds is 1. The lowest BCUT2D eigenvalue weighted by atomic mass is 10.1. The van der Waals surface area contributed by atoms with E-state index >= 15 is 0 Å². The first-order valence-corrected chi connectivity index (χ1v) is 9.20. The van der Waals surface area contributed by atoms with Crippen molar-refractivity contribution in [2.24, 2.45) is 0 Å². The molecule has 4 heterocycles. The average molecular weight is 380 g/mol. The van der Waals surface area contributed by atoms with Crippen LogP contribution in [0.3, 0.4) is 0 Å². The summed E-state index contributed by atoms with van der Waals surface area (Å²) in [6.07, 6.45) is 6.14. The molecule has 6 nitrogen and oxygen atoms in total. The number of nitrogens with zero attached hydrogens (tertiary/aromatic N) is 2. The molecule has 3 N–H and O–H groups in total. The molecule has 5 rings (SSSR count). The van der Waals surface area contributed by atoms with Crippen LogP contribution in [0.2, 0.25) is 0 Å². The molecule has 4 aromatic rings. The monoisotopic (exact) mass is 380 g/mol. The van der Waals surface area contributed by atoms with Gasteiger partial charge >= 0.3 is 5.63 Å². The van der Waals surface area contributed by atoms with Crippen molar-refractivity contribution in [3.63, 3.8) is 0 Å². The van der Waals surface area contributed by atoms with Crippen molar-refractivity contribution in [3.05, 3.63) is 64.5 Å². The summed E-state index contributed by atoms with van der Waals surface area (Å²) in [5.74, 6) is -0.436. The number of hydrogen-bond donors (Lipinski definition) is 2. The van der Waals surface area contributed by atoms with Crippen LogP contribution in [0.25, 0.3) is 27.9 Å². The summed E-state index contributed by atoms with van der Waals surface area (Å²) in [7, 11) is 0. The Morgan fingerprint density at radius 3 is 2.68 bits per heavy atom. The highest BCUT2D eigenvalue weighted by Crippen LogP contribution is 2.23. The summed E-state index contributed by atoms with van der Waals surface area (Å²) in [5.41, 5.74) is 7.64. The third-order valence-corrected chi connectivity index (χ3v) is 4.64. The number of fused-ring (bicyclic) bond motifs is 2. The summed E-state index contributed by atoms with van der Waals surface area (Å²) < 4.78 is 20.8.